The van der Waals surface area contributed by atoms with E-state index in [2.05, 4.69) is 0 Å². The fourth-order valence-corrected chi connectivity index (χ4v) is 4.04. The second-order valence-electron chi connectivity index (χ2n) is 6.94. The van der Waals surface area contributed by atoms with Crippen molar-refractivity contribution in [3.8, 4) is 0 Å². The number of fused-ring (bicyclic) bond motifs is 2. The third-order valence-corrected chi connectivity index (χ3v) is 5.46. The van der Waals surface area contributed by atoms with Crippen LogP contribution >= 0.6 is 11.6 Å². The minimum atomic E-state index is -4.43. The molecule has 1 aliphatic rings. The quantitative estimate of drug-likeness (QED) is 0.605. The lowest BCUT2D eigenvalue weighted by molar-refractivity contribution is -0.137. The number of rotatable bonds is 2. The van der Waals surface area contributed by atoms with Gasteiger partial charge < -0.3 is 4.84 Å². The summed E-state index contributed by atoms with van der Waals surface area (Å²) in [5, 5.41) is 0.641. The van der Waals surface area contributed by atoms with Gasteiger partial charge in [0.15, 0.2) is 5.78 Å². The zero-order valence-electron chi connectivity index (χ0n) is 15.2. The van der Waals surface area contributed by atoms with Gasteiger partial charge in [0.05, 0.1) is 27.7 Å². The van der Waals surface area contributed by atoms with Crippen LogP contribution in [0.5, 0.6) is 0 Å². The number of pyridine rings is 1. The van der Waals surface area contributed by atoms with E-state index in [-0.39, 0.29) is 35.5 Å². The second kappa shape index (κ2) is 6.91. The minimum Gasteiger partial charge on any atom is -0.417 e. The number of benzene rings is 2. The molecule has 8 heteroatoms. The lowest BCUT2D eigenvalue weighted by Crippen LogP contribution is -2.32. The molecular formula is C21H15ClF3NO3. The van der Waals surface area contributed by atoms with E-state index in [9.17, 15) is 22.8 Å². The van der Waals surface area contributed by atoms with Gasteiger partial charge in [0.1, 0.15) is 7.11 Å². The zero-order valence-corrected chi connectivity index (χ0v) is 16.0. The Morgan fingerprint density at radius 1 is 1.07 bits per heavy atom. The molecule has 1 unspecified atom stereocenters. The maximum Gasteiger partial charge on any atom is 0.416 e. The molecule has 0 aliphatic heterocycles. The average Bonchev–Trinajstić information content (AvgIpc) is 2.68. The highest BCUT2D eigenvalue weighted by molar-refractivity contribution is 6.31. The van der Waals surface area contributed by atoms with Crippen molar-refractivity contribution in [2.45, 2.75) is 24.9 Å². The van der Waals surface area contributed by atoms with E-state index < -0.39 is 17.2 Å². The third-order valence-electron chi connectivity index (χ3n) is 5.23. The SMILES string of the molecule is COn1c2c(c(=O)c3cc(Cl)ccc31)C(=O)CC(c1ccc(C(F)(F)F)cc1)C2. The molecule has 1 atom stereocenters. The first kappa shape index (κ1) is 19.5. The normalized spacial score (nSPS) is 16.7. The van der Waals surface area contributed by atoms with Crippen molar-refractivity contribution in [1.29, 1.82) is 0 Å². The smallest absolute Gasteiger partial charge is 0.416 e. The Hall–Kier alpha value is -2.80. The van der Waals surface area contributed by atoms with Gasteiger partial charge in [-0.05, 0) is 48.2 Å². The number of hydrogen-bond acceptors (Lipinski definition) is 3. The standard InChI is InChI=1S/C21H15ClF3NO3/c1-29-26-16-7-6-14(22)10-15(16)20(28)19-17(26)8-12(9-18(19)27)11-2-4-13(5-3-11)21(23,24)25/h2-7,10,12H,8-9H2,1H3. The van der Waals surface area contributed by atoms with Crippen LogP contribution in [0.15, 0.2) is 47.3 Å². The highest BCUT2D eigenvalue weighted by Gasteiger charge is 2.34. The number of aromatic nitrogens is 1. The van der Waals surface area contributed by atoms with Gasteiger partial charge in [-0.2, -0.15) is 17.9 Å². The highest BCUT2D eigenvalue weighted by Crippen LogP contribution is 2.35. The molecule has 1 aromatic heterocycles. The molecule has 1 aliphatic carbocycles. The minimum absolute atomic E-state index is 0.0311. The van der Waals surface area contributed by atoms with Crippen LogP contribution in [0, 0.1) is 0 Å². The molecule has 0 fully saturated rings. The molecule has 0 spiro atoms. The van der Waals surface area contributed by atoms with Crippen molar-refractivity contribution in [3.63, 3.8) is 0 Å². The van der Waals surface area contributed by atoms with E-state index in [1.54, 1.807) is 12.1 Å². The molecule has 0 amide bonds. The third kappa shape index (κ3) is 3.29. The largest absolute Gasteiger partial charge is 0.417 e. The van der Waals surface area contributed by atoms with Crippen LogP contribution in [0.25, 0.3) is 10.9 Å². The number of ketones is 1. The molecule has 4 rings (SSSR count). The van der Waals surface area contributed by atoms with Crippen molar-refractivity contribution in [2.75, 3.05) is 7.11 Å². The lowest BCUT2D eigenvalue weighted by Gasteiger charge is -2.27. The Balaban J connectivity index is 1.83. The molecule has 0 radical (unpaired) electrons. The number of carbonyl (C=O) groups is 1. The Labute approximate surface area is 168 Å². The first-order valence-corrected chi connectivity index (χ1v) is 9.20. The van der Waals surface area contributed by atoms with Gasteiger partial charge in [-0.15, -0.1) is 0 Å². The summed E-state index contributed by atoms with van der Waals surface area (Å²) in [6.07, 6.45) is -4.11. The number of nitrogens with zero attached hydrogens (tertiary/aromatic N) is 1. The van der Waals surface area contributed by atoms with E-state index >= 15 is 0 Å². The van der Waals surface area contributed by atoms with Crippen LogP contribution in [0.2, 0.25) is 5.02 Å². The number of halogens is 4. The summed E-state index contributed by atoms with van der Waals surface area (Å²) >= 11 is 6.00. The molecule has 0 saturated heterocycles. The summed E-state index contributed by atoms with van der Waals surface area (Å²) in [6.45, 7) is 0. The molecular weight excluding hydrogens is 407 g/mol. The molecule has 4 nitrogen and oxygen atoms in total. The van der Waals surface area contributed by atoms with Crippen LogP contribution in [0.3, 0.4) is 0 Å². The molecule has 3 aromatic rings. The number of alkyl halides is 3. The molecule has 0 bridgehead atoms. The van der Waals surface area contributed by atoms with Gasteiger partial charge in [-0.25, -0.2) is 0 Å². The topological polar surface area (TPSA) is 48.3 Å². The van der Waals surface area contributed by atoms with Crippen LogP contribution in [0.4, 0.5) is 13.2 Å². The van der Waals surface area contributed by atoms with E-state index in [4.69, 9.17) is 16.4 Å². The summed E-state index contributed by atoms with van der Waals surface area (Å²) in [5.41, 5.74) is 0.366. The number of Topliss-reactive ketones (excluding diaryl/α,β-unsaturated/α-hetero) is 1. The first-order chi connectivity index (χ1) is 13.7. The van der Waals surface area contributed by atoms with Gasteiger partial charge >= 0.3 is 6.18 Å². The number of carbonyl (C=O) groups excluding carboxylic acids is 1. The Kier molecular flexibility index (Phi) is 4.65. The second-order valence-corrected chi connectivity index (χ2v) is 7.37. The summed E-state index contributed by atoms with van der Waals surface area (Å²) in [6, 6.07) is 9.49. The van der Waals surface area contributed by atoms with Crippen molar-refractivity contribution in [2.24, 2.45) is 0 Å². The van der Waals surface area contributed by atoms with E-state index in [1.165, 1.54) is 30.0 Å². The van der Waals surface area contributed by atoms with Crippen molar-refractivity contribution in [3.05, 3.63) is 80.1 Å². The van der Waals surface area contributed by atoms with Crippen LogP contribution in [0.1, 0.15) is 39.5 Å². The zero-order chi connectivity index (χ0) is 20.9. The van der Waals surface area contributed by atoms with Gasteiger partial charge in [0.2, 0.25) is 5.43 Å². The lowest BCUT2D eigenvalue weighted by atomic mass is 9.81. The molecule has 0 saturated carbocycles. The highest BCUT2D eigenvalue weighted by atomic mass is 35.5. The molecule has 2 aromatic carbocycles. The van der Waals surface area contributed by atoms with Crippen molar-refractivity contribution >= 4 is 28.3 Å². The monoisotopic (exact) mass is 421 g/mol. The summed E-state index contributed by atoms with van der Waals surface area (Å²) in [5.74, 6) is -0.725. The van der Waals surface area contributed by atoms with E-state index in [0.717, 1.165) is 12.1 Å². The van der Waals surface area contributed by atoms with Crippen LogP contribution < -0.4 is 10.3 Å². The molecule has 29 heavy (non-hydrogen) atoms. The van der Waals surface area contributed by atoms with Crippen LogP contribution in [-0.4, -0.2) is 17.6 Å². The average molecular weight is 422 g/mol. The van der Waals surface area contributed by atoms with Gasteiger partial charge in [0.25, 0.3) is 0 Å². The van der Waals surface area contributed by atoms with E-state index in [1.807, 2.05) is 0 Å². The van der Waals surface area contributed by atoms with Gasteiger partial charge in [-0.1, -0.05) is 23.7 Å². The van der Waals surface area contributed by atoms with Crippen molar-refractivity contribution < 1.29 is 22.8 Å². The molecule has 1 heterocycles. The predicted octanol–water partition coefficient (Wildman–Crippen LogP) is 4.64. The Bertz CT molecular complexity index is 1180. The first-order valence-electron chi connectivity index (χ1n) is 8.82. The Morgan fingerprint density at radius 3 is 2.38 bits per heavy atom. The summed E-state index contributed by atoms with van der Waals surface area (Å²) in [4.78, 5) is 31.2. The fraction of sp³-hybridized carbons (Fsp3) is 0.238. The molecule has 0 N–H and O–H groups in total. The fourth-order valence-electron chi connectivity index (χ4n) is 3.87. The molecule has 150 valence electrons. The summed E-state index contributed by atoms with van der Waals surface area (Å²) < 4.78 is 39.9. The maximum atomic E-state index is 12.9. The predicted molar refractivity (Wildman–Crippen MR) is 103 cm³/mol. The van der Waals surface area contributed by atoms with Gasteiger partial charge in [-0.3, -0.25) is 9.59 Å². The Morgan fingerprint density at radius 2 is 1.76 bits per heavy atom. The number of hydrogen-bond donors (Lipinski definition) is 0. The van der Waals surface area contributed by atoms with E-state index in [0.29, 0.717) is 21.8 Å². The summed E-state index contributed by atoms with van der Waals surface area (Å²) in [7, 11) is 1.42. The van der Waals surface area contributed by atoms with Crippen LogP contribution in [-0.2, 0) is 12.6 Å². The van der Waals surface area contributed by atoms with Gasteiger partial charge in [0, 0.05) is 11.4 Å². The maximum absolute atomic E-state index is 12.9. The van der Waals surface area contributed by atoms with Crippen molar-refractivity contribution in [1.82, 2.24) is 4.73 Å².